The van der Waals surface area contributed by atoms with E-state index in [0.29, 0.717) is 23.0 Å². The van der Waals surface area contributed by atoms with Gasteiger partial charge in [-0.1, -0.05) is 38.1 Å². The first-order valence-electron chi connectivity index (χ1n) is 11.5. The van der Waals surface area contributed by atoms with Crippen molar-refractivity contribution in [1.29, 1.82) is 5.26 Å². The molecule has 0 aliphatic heterocycles. The van der Waals surface area contributed by atoms with Gasteiger partial charge in [0.25, 0.3) is 11.8 Å². The van der Waals surface area contributed by atoms with Gasteiger partial charge in [-0.3, -0.25) is 9.59 Å². The molecule has 0 aliphatic rings. The van der Waals surface area contributed by atoms with E-state index in [2.05, 4.69) is 30.6 Å². The second kappa shape index (κ2) is 13.6. The molecule has 2 rings (SSSR count). The summed E-state index contributed by atoms with van der Waals surface area (Å²) in [5.41, 5.74) is 7.71. The number of ether oxygens (including phenoxy) is 3. The summed E-state index contributed by atoms with van der Waals surface area (Å²) in [4.78, 5) is 25.2. The summed E-state index contributed by atoms with van der Waals surface area (Å²) < 4.78 is 15.9. The number of rotatable bonds is 12. The number of methoxy groups -OCH3 is 3. The monoisotopic (exact) mass is 510 g/mol. The van der Waals surface area contributed by atoms with Gasteiger partial charge in [0.1, 0.15) is 11.7 Å². The molecule has 0 saturated carbocycles. The molecule has 2 aromatic rings. The van der Waals surface area contributed by atoms with E-state index in [0.717, 1.165) is 5.56 Å². The molecule has 0 aromatic heterocycles. The van der Waals surface area contributed by atoms with Crippen LogP contribution in [0, 0.1) is 11.3 Å². The van der Waals surface area contributed by atoms with E-state index in [1.54, 1.807) is 24.3 Å². The van der Waals surface area contributed by atoms with Crippen LogP contribution in [0.5, 0.6) is 17.2 Å². The molecule has 0 bridgehead atoms. The van der Waals surface area contributed by atoms with E-state index < -0.39 is 17.9 Å². The molecular formula is C26H34N6O5. The van der Waals surface area contributed by atoms with Crippen molar-refractivity contribution in [2.24, 2.45) is 11.6 Å². The van der Waals surface area contributed by atoms with Crippen molar-refractivity contribution in [3.8, 4) is 23.3 Å². The third-order valence-electron chi connectivity index (χ3n) is 5.51. The molecule has 11 nitrogen and oxygen atoms in total. The van der Waals surface area contributed by atoms with Gasteiger partial charge in [-0.05, 0) is 29.2 Å². The maximum Gasteiger partial charge on any atom is 0.270 e. The molecule has 2 amide bonds. The van der Waals surface area contributed by atoms with E-state index in [9.17, 15) is 14.9 Å². The molecule has 37 heavy (non-hydrogen) atoms. The Morgan fingerprint density at radius 3 is 2.19 bits per heavy atom. The highest BCUT2D eigenvalue weighted by Gasteiger charge is 2.21. The maximum absolute atomic E-state index is 12.7. The number of hydrogen-bond donors (Lipinski definition) is 4. The van der Waals surface area contributed by atoms with Crippen LogP contribution >= 0.6 is 0 Å². The largest absolute Gasteiger partial charge is 0.493 e. The van der Waals surface area contributed by atoms with Gasteiger partial charge >= 0.3 is 0 Å². The Morgan fingerprint density at radius 1 is 1.03 bits per heavy atom. The quantitative estimate of drug-likeness (QED) is 0.190. The first kappa shape index (κ1) is 28.8. The van der Waals surface area contributed by atoms with Crippen LogP contribution in [0.3, 0.4) is 0 Å². The van der Waals surface area contributed by atoms with Crippen molar-refractivity contribution in [3.05, 3.63) is 65.0 Å². The highest BCUT2D eigenvalue weighted by molar-refractivity contribution is 5.98. The predicted molar refractivity (Wildman–Crippen MR) is 139 cm³/mol. The van der Waals surface area contributed by atoms with Crippen molar-refractivity contribution in [3.63, 3.8) is 0 Å². The van der Waals surface area contributed by atoms with Crippen molar-refractivity contribution >= 4 is 11.8 Å². The zero-order valence-electron chi connectivity index (χ0n) is 21.7. The van der Waals surface area contributed by atoms with Crippen LogP contribution in [0.4, 0.5) is 0 Å². The fourth-order valence-electron chi connectivity index (χ4n) is 3.45. The Kier molecular flexibility index (Phi) is 10.6. The molecule has 0 heterocycles. The highest BCUT2D eigenvalue weighted by Crippen LogP contribution is 2.39. The first-order chi connectivity index (χ1) is 17.7. The van der Waals surface area contributed by atoms with E-state index in [1.807, 2.05) is 12.1 Å². The number of nitriles is 1. The predicted octanol–water partition coefficient (Wildman–Crippen LogP) is 1.92. The molecule has 1 atom stereocenters. The fourth-order valence-corrected chi connectivity index (χ4v) is 3.45. The highest BCUT2D eigenvalue weighted by atomic mass is 16.5. The zero-order valence-corrected chi connectivity index (χ0v) is 21.7. The number of carbonyl (C=O) groups excluding carboxylic acids is 2. The number of nitrogens with zero attached hydrogens (tertiary/aromatic N) is 2. The van der Waals surface area contributed by atoms with Crippen LogP contribution in [-0.4, -0.2) is 51.2 Å². The Labute approximate surface area is 216 Å². The van der Waals surface area contributed by atoms with E-state index in [-0.39, 0.29) is 30.1 Å². The van der Waals surface area contributed by atoms with Gasteiger partial charge in [-0.15, -0.1) is 0 Å². The lowest BCUT2D eigenvalue weighted by atomic mass is 9.99. The summed E-state index contributed by atoms with van der Waals surface area (Å²) >= 11 is 0. The Balaban J connectivity index is 1.95. The van der Waals surface area contributed by atoms with Gasteiger partial charge in [0, 0.05) is 12.7 Å². The second-order valence-electron chi connectivity index (χ2n) is 8.32. The summed E-state index contributed by atoms with van der Waals surface area (Å²) in [7, 11) is 4.35. The second-order valence-corrected chi connectivity index (χ2v) is 8.32. The van der Waals surface area contributed by atoms with E-state index in [1.165, 1.54) is 32.5 Å². The summed E-state index contributed by atoms with van der Waals surface area (Å²) in [6, 6.07) is 11.8. The standard InChI is InChI=1S/C26H34N6O5/c1-16(2)17-6-8-18(9-7-17)21(14-27)31-26(34)20(28)15-32(29)13-12-30-25(33)19-10-11-22(35-3)24(37-5)23(19)36-4/h6-11,15-16,21H,12-13,28-29H2,1-5H3,(H,30,33)(H,31,34)/b20-15-. The number of benzene rings is 2. The van der Waals surface area contributed by atoms with Crippen LogP contribution in [0.25, 0.3) is 0 Å². The average molecular weight is 511 g/mol. The molecule has 0 radical (unpaired) electrons. The minimum Gasteiger partial charge on any atom is -0.493 e. The van der Waals surface area contributed by atoms with Gasteiger partial charge in [0.2, 0.25) is 5.75 Å². The van der Waals surface area contributed by atoms with Gasteiger partial charge in [-0.2, -0.15) is 5.26 Å². The normalized spacial score (nSPS) is 11.8. The number of nitrogens with one attached hydrogen (secondary N) is 2. The number of nitrogens with two attached hydrogens (primary N) is 2. The summed E-state index contributed by atoms with van der Waals surface area (Å²) in [5.74, 6) is 6.16. The molecule has 11 heteroatoms. The van der Waals surface area contributed by atoms with Crippen LogP contribution in [0.1, 0.15) is 47.3 Å². The lowest BCUT2D eigenvalue weighted by Gasteiger charge is -2.18. The van der Waals surface area contributed by atoms with Crippen LogP contribution in [0.2, 0.25) is 0 Å². The van der Waals surface area contributed by atoms with Gasteiger partial charge < -0.3 is 35.6 Å². The molecular weight excluding hydrogens is 476 g/mol. The maximum atomic E-state index is 12.7. The van der Waals surface area contributed by atoms with Crippen molar-refractivity contribution in [2.45, 2.75) is 25.8 Å². The van der Waals surface area contributed by atoms with Crippen LogP contribution < -0.4 is 36.4 Å². The van der Waals surface area contributed by atoms with Crippen molar-refractivity contribution in [1.82, 2.24) is 15.6 Å². The third kappa shape index (κ3) is 7.52. The average Bonchev–Trinajstić information content (AvgIpc) is 2.90. The van der Waals surface area contributed by atoms with Crippen LogP contribution in [0.15, 0.2) is 48.3 Å². The SMILES string of the molecule is COc1ccc(C(=O)NCCN(N)/C=C(\N)C(=O)NC(C#N)c2ccc(C(C)C)cc2)c(OC)c1OC. The lowest BCUT2D eigenvalue weighted by molar-refractivity contribution is -0.118. The van der Waals surface area contributed by atoms with Gasteiger partial charge in [-0.25, -0.2) is 5.84 Å². The summed E-state index contributed by atoms with van der Waals surface area (Å²) in [6.07, 6.45) is 1.23. The topological polar surface area (TPSA) is 165 Å². The summed E-state index contributed by atoms with van der Waals surface area (Å²) in [6.45, 7) is 4.43. The van der Waals surface area contributed by atoms with Gasteiger partial charge in [0.15, 0.2) is 11.5 Å². The Bertz CT molecular complexity index is 1160. The molecule has 198 valence electrons. The molecule has 0 fully saturated rings. The van der Waals surface area contributed by atoms with Crippen LogP contribution in [-0.2, 0) is 4.79 Å². The minimum absolute atomic E-state index is 0.140. The molecule has 6 N–H and O–H groups in total. The van der Waals surface area contributed by atoms with Crippen molar-refractivity contribution < 1.29 is 23.8 Å². The fraction of sp³-hybridized carbons (Fsp3) is 0.346. The molecule has 2 aromatic carbocycles. The van der Waals surface area contributed by atoms with Gasteiger partial charge in [0.05, 0.1) is 39.5 Å². The van der Waals surface area contributed by atoms with Crippen molar-refractivity contribution in [2.75, 3.05) is 34.4 Å². The molecule has 1 unspecified atom stereocenters. The number of carbonyl (C=O) groups is 2. The molecule has 0 saturated heterocycles. The number of hydrazine groups is 1. The molecule has 0 aliphatic carbocycles. The Hall–Kier alpha value is -4.43. The lowest BCUT2D eigenvalue weighted by Crippen LogP contribution is -2.38. The number of amides is 2. The van der Waals surface area contributed by atoms with E-state index >= 15 is 0 Å². The van der Waals surface area contributed by atoms with E-state index in [4.69, 9.17) is 25.8 Å². The summed E-state index contributed by atoms with van der Waals surface area (Å²) in [5, 5.41) is 16.0. The zero-order chi connectivity index (χ0) is 27.5. The first-order valence-corrected chi connectivity index (χ1v) is 11.5. The third-order valence-corrected chi connectivity index (χ3v) is 5.51. The minimum atomic E-state index is -0.873. The number of hydrogen-bond acceptors (Lipinski definition) is 9. The smallest absolute Gasteiger partial charge is 0.270 e. The molecule has 0 spiro atoms. The Morgan fingerprint density at radius 2 is 1.65 bits per heavy atom.